The number of hydrogen-bond donors (Lipinski definition) is 6. The highest BCUT2D eigenvalue weighted by molar-refractivity contribution is 7.46. The molecule has 0 saturated carbocycles. The first kappa shape index (κ1) is 21.1. The van der Waals surface area contributed by atoms with Crippen molar-refractivity contribution in [2.24, 2.45) is 0 Å². The Hall–Kier alpha value is -0.870. The highest BCUT2D eigenvalue weighted by Crippen LogP contribution is 2.35. The SMILES string of the molecule is O=C(O)CCCCC[C@H](O)[C@H](O)[C@@H](O)C(=O)COP(=O)(O)O. The third kappa shape index (κ3) is 9.96. The minimum Gasteiger partial charge on any atom is -0.481 e. The Morgan fingerprint density at radius 1 is 1.05 bits per heavy atom. The number of unbranched alkanes of at least 4 members (excludes halogenated alkanes) is 2. The molecule has 130 valence electrons. The van der Waals surface area contributed by atoms with Gasteiger partial charge in [0.05, 0.1) is 6.10 Å². The molecule has 0 spiro atoms. The van der Waals surface area contributed by atoms with Crippen LogP contribution in [-0.4, -0.2) is 66.9 Å². The molecule has 0 bridgehead atoms. The summed E-state index contributed by atoms with van der Waals surface area (Å²) in [7, 11) is -4.87. The molecule has 0 aliphatic rings. The van der Waals surface area contributed by atoms with Gasteiger partial charge in [0.1, 0.15) is 18.8 Å². The number of aliphatic hydroxyl groups excluding tert-OH is 3. The average Bonchev–Trinajstić information content (AvgIpc) is 2.41. The van der Waals surface area contributed by atoms with Crippen molar-refractivity contribution in [2.75, 3.05) is 6.61 Å². The van der Waals surface area contributed by atoms with Crippen molar-refractivity contribution < 1.29 is 48.9 Å². The van der Waals surface area contributed by atoms with Gasteiger partial charge in [0.15, 0.2) is 5.78 Å². The molecule has 0 aliphatic heterocycles. The van der Waals surface area contributed by atoms with E-state index in [2.05, 4.69) is 4.52 Å². The average molecular weight is 344 g/mol. The number of Topliss-reactive ketones (excluding diaryl/α,β-unsaturated/α-hetero) is 1. The van der Waals surface area contributed by atoms with Gasteiger partial charge in [0.25, 0.3) is 0 Å². The standard InChI is InChI=1S/C11H21O10P/c12-7(4-2-1-3-5-9(14)15)10(16)11(17)8(13)6-21-22(18,19)20/h7,10-12,16-17H,1-6H2,(H,14,15)(H2,18,19,20)/t7-,10-,11-/m0/s1. The Morgan fingerprint density at radius 2 is 1.64 bits per heavy atom. The van der Waals surface area contributed by atoms with Crippen LogP contribution in [0.4, 0.5) is 0 Å². The first-order valence-electron chi connectivity index (χ1n) is 6.53. The van der Waals surface area contributed by atoms with Gasteiger partial charge in [-0.2, -0.15) is 0 Å². The molecule has 0 aromatic heterocycles. The van der Waals surface area contributed by atoms with E-state index in [1.807, 2.05) is 0 Å². The van der Waals surface area contributed by atoms with Crippen molar-refractivity contribution in [1.29, 1.82) is 0 Å². The van der Waals surface area contributed by atoms with Gasteiger partial charge in [-0.1, -0.05) is 12.8 Å². The molecule has 0 aromatic rings. The lowest BCUT2D eigenvalue weighted by Gasteiger charge is -2.22. The maximum atomic E-state index is 11.3. The minimum absolute atomic E-state index is 0.0144. The van der Waals surface area contributed by atoms with Gasteiger partial charge < -0.3 is 30.2 Å². The van der Waals surface area contributed by atoms with Gasteiger partial charge in [-0.15, -0.1) is 0 Å². The second-order valence-electron chi connectivity index (χ2n) is 4.73. The number of phosphoric acid groups is 1. The molecule has 6 N–H and O–H groups in total. The van der Waals surface area contributed by atoms with Crippen LogP contribution >= 0.6 is 7.82 Å². The molecule has 0 saturated heterocycles. The summed E-state index contributed by atoms with van der Waals surface area (Å²) in [5, 5.41) is 37.1. The largest absolute Gasteiger partial charge is 0.481 e. The van der Waals surface area contributed by atoms with Crippen LogP contribution in [0.2, 0.25) is 0 Å². The topological polar surface area (TPSA) is 182 Å². The summed E-state index contributed by atoms with van der Waals surface area (Å²) in [5.41, 5.74) is 0. The zero-order valence-corrected chi connectivity index (χ0v) is 12.6. The Bertz CT molecular complexity index is 406. The van der Waals surface area contributed by atoms with Crippen LogP contribution in [0.15, 0.2) is 0 Å². The van der Waals surface area contributed by atoms with E-state index in [-0.39, 0.29) is 12.8 Å². The summed E-state index contributed by atoms with van der Waals surface area (Å²) in [6, 6.07) is 0. The molecule has 0 fully saturated rings. The van der Waals surface area contributed by atoms with E-state index in [4.69, 9.17) is 14.9 Å². The van der Waals surface area contributed by atoms with Crippen LogP contribution in [0.3, 0.4) is 0 Å². The normalized spacial score (nSPS) is 16.0. The van der Waals surface area contributed by atoms with Crippen LogP contribution in [0.1, 0.15) is 32.1 Å². The summed E-state index contributed by atoms with van der Waals surface area (Å²) < 4.78 is 14.3. The molecule has 0 radical (unpaired) electrons. The second kappa shape index (κ2) is 10.0. The molecule has 0 unspecified atom stereocenters. The third-order valence-corrected chi connectivity index (χ3v) is 3.28. The number of ketones is 1. The first-order valence-corrected chi connectivity index (χ1v) is 8.06. The summed E-state index contributed by atoms with van der Waals surface area (Å²) in [6.07, 6.45) is -4.02. The highest BCUT2D eigenvalue weighted by Gasteiger charge is 2.31. The summed E-state index contributed by atoms with van der Waals surface area (Å²) in [5.74, 6) is -2.12. The fraction of sp³-hybridized carbons (Fsp3) is 0.818. The van der Waals surface area contributed by atoms with Crippen LogP contribution < -0.4 is 0 Å². The number of carboxylic acid groups (broad SMARTS) is 1. The molecule has 0 aromatic carbocycles. The Morgan fingerprint density at radius 3 is 2.14 bits per heavy atom. The highest BCUT2D eigenvalue weighted by atomic mass is 31.2. The zero-order valence-electron chi connectivity index (χ0n) is 11.7. The monoisotopic (exact) mass is 344 g/mol. The maximum Gasteiger partial charge on any atom is 0.470 e. The molecule has 3 atom stereocenters. The molecule has 0 amide bonds. The van der Waals surface area contributed by atoms with E-state index in [1.54, 1.807) is 0 Å². The van der Waals surface area contributed by atoms with Crippen LogP contribution in [0.25, 0.3) is 0 Å². The third-order valence-electron chi connectivity index (χ3n) is 2.81. The van der Waals surface area contributed by atoms with Crippen molar-refractivity contribution >= 4 is 19.6 Å². The summed E-state index contributed by atoms with van der Waals surface area (Å²) in [6.45, 7) is -1.10. The van der Waals surface area contributed by atoms with Crippen LogP contribution in [0, 0.1) is 0 Å². The lowest BCUT2D eigenvalue weighted by atomic mass is 9.99. The quantitative estimate of drug-likeness (QED) is 0.185. The Kier molecular flexibility index (Phi) is 9.61. The van der Waals surface area contributed by atoms with Gasteiger partial charge in [-0.25, -0.2) is 4.57 Å². The van der Waals surface area contributed by atoms with E-state index in [0.29, 0.717) is 19.3 Å². The fourth-order valence-electron chi connectivity index (χ4n) is 1.61. The summed E-state index contributed by atoms with van der Waals surface area (Å²) >= 11 is 0. The van der Waals surface area contributed by atoms with Crippen LogP contribution in [-0.2, 0) is 18.7 Å². The molecule has 0 rings (SSSR count). The molecule has 10 nitrogen and oxygen atoms in total. The lowest BCUT2D eigenvalue weighted by molar-refractivity contribution is -0.141. The number of carbonyl (C=O) groups excluding carboxylic acids is 1. The number of aliphatic carboxylic acids is 1. The Balaban J connectivity index is 4.09. The number of aliphatic hydroxyl groups is 3. The molecule has 0 aliphatic carbocycles. The van der Waals surface area contributed by atoms with Gasteiger partial charge in [0, 0.05) is 6.42 Å². The van der Waals surface area contributed by atoms with Crippen molar-refractivity contribution in [3.63, 3.8) is 0 Å². The maximum absolute atomic E-state index is 11.3. The zero-order chi connectivity index (χ0) is 17.3. The Labute approximate surface area is 126 Å². The first-order chi connectivity index (χ1) is 10.0. The van der Waals surface area contributed by atoms with Crippen LogP contribution in [0.5, 0.6) is 0 Å². The number of rotatable bonds is 12. The minimum atomic E-state index is -4.87. The van der Waals surface area contributed by atoms with Crippen molar-refractivity contribution in [3.05, 3.63) is 0 Å². The van der Waals surface area contributed by atoms with Gasteiger partial charge in [0.2, 0.25) is 0 Å². The van der Waals surface area contributed by atoms with Crippen molar-refractivity contribution in [1.82, 2.24) is 0 Å². The van der Waals surface area contributed by atoms with Gasteiger partial charge in [-0.05, 0) is 12.8 Å². The van der Waals surface area contributed by atoms with E-state index in [9.17, 15) is 29.5 Å². The smallest absolute Gasteiger partial charge is 0.470 e. The number of carboxylic acids is 1. The van der Waals surface area contributed by atoms with E-state index in [1.165, 1.54) is 0 Å². The van der Waals surface area contributed by atoms with E-state index < -0.39 is 44.5 Å². The van der Waals surface area contributed by atoms with E-state index in [0.717, 1.165) is 0 Å². The van der Waals surface area contributed by atoms with Gasteiger partial charge in [-0.3, -0.25) is 14.1 Å². The molecular weight excluding hydrogens is 323 g/mol. The number of phosphoric ester groups is 1. The molecule has 0 heterocycles. The predicted molar refractivity (Wildman–Crippen MR) is 71.7 cm³/mol. The van der Waals surface area contributed by atoms with Crippen molar-refractivity contribution in [2.45, 2.75) is 50.4 Å². The van der Waals surface area contributed by atoms with Crippen molar-refractivity contribution in [3.8, 4) is 0 Å². The van der Waals surface area contributed by atoms with E-state index >= 15 is 0 Å². The predicted octanol–water partition coefficient (Wildman–Crippen LogP) is -1.22. The molecule has 11 heteroatoms. The number of hydrogen-bond acceptors (Lipinski definition) is 7. The van der Waals surface area contributed by atoms with Gasteiger partial charge >= 0.3 is 13.8 Å². The fourth-order valence-corrected chi connectivity index (χ4v) is 1.91. The molecule has 22 heavy (non-hydrogen) atoms. The molecular formula is C11H21O10P. The second-order valence-corrected chi connectivity index (χ2v) is 5.97. The summed E-state index contributed by atoms with van der Waals surface area (Å²) in [4.78, 5) is 38.4. The number of carbonyl (C=O) groups is 2. The lowest BCUT2D eigenvalue weighted by Crippen LogP contribution is -2.43.